The van der Waals surface area contributed by atoms with Gasteiger partial charge in [-0.25, -0.2) is 12.7 Å². The number of sulfonamides is 1. The highest BCUT2D eigenvalue weighted by atomic mass is 32.2. The summed E-state index contributed by atoms with van der Waals surface area (Å²) < 4.78 is 36.4. The minimum Gasteiger partial charge on any atom is -0.490 e. The molecular formula is C20H27N3O5S. The van der Waals surface area contributed by atoms with Crippen molar-refractivity contribution in [1.29, 1.82) is 0 Å². The predicted octanol–water partition coefficient (Wildman–Crippen LogP) is 2.78. The normalized spacial score (nSPS) is 11.2. The zero-order valence-corrected chi connectivity index (χ0v) is 17.9. The average molecular weight is 422 g/mol. The first kappa shape index (κ1) is 22.5. The maximum absolute atomic E-state index is 12.2. The van der Waals surface area contributed by atoms with Gasteiger partial charge in [-0.1, -0.05) is 0 Å². The molecule has 0 saturated carbocycles. The molecule has 0 atom stereocenters. The van der Waals surface area contributed by atoms with Crippen LogP contribution in [0.25, 0.3) is 0 Å². The molecule has 0 spiro atoms. The van der Waals surface area contributed by atoms with Crippen LogP contribution in [0.1, 0.15) is 13.8 Å². The van der Waals surface area contributed by atoms with Crippen molar-refractivity contribution in [1.82, 2.24) is 4.31 Å². The quantitative estimate of drug-likeness (QED) is 0.612. The summed E-state index contributed by atoms with van der Waals surface area (Å²) in [5.74, 6) is 0.942. The van der Waals surface area contributed by atoms with Crippen molar-refractivity contribution >= 4 is 27.3 Å². The smallest absolute Gasteiger partial charge is 0.243 e. The third kappa shape index (κ3) is 6.10. The Labute approximate surface area is 171 Å². The van der Waals surface area contributed by atoms with Crippen LogP contribution in [-0.4, -0.2) is 52.5 Å². The highest BCUT2D eigenvalue weighted by Crippen LogP contribution is 2.30. The maximum Gasteiger partial charge on any atom is 0.243 e. The zero-order chi connectivity index (χ0) is 21.4. The first-order chi connectivity index (χ1) is 13.8. The Bertz CT molecular complexity index is 928. The standard InChI is InChI=1S/C20H27N3O5S/c1-5-27-18-12-9-16(13-19(18)28-6-2)22-20(24)14-21-15-7-10-17(11-8-15)29(25,26)23(3)4/h7-13,21H,5-6,14H2,1-4H3,(H,22,24). The number of nitrogens with zero attached hydrogens (tertiary/aromatic N) is 1. The Balaban J connectivity index is 1.97. The molecule has 29 heavy (non-hydrogen) atoms. The number of carbonyl (C=O) groups is 1. The van der Waals surface area contributed by atoms with Gasteiger partial charge >= 0.3 is 0 Å². The second-order valence-electron chi connectivity index (χ2n) is 6.24. The molecule has 0 unspecified atom stereocenters. The van der Waals surface area contributed by atoms with Gasteiger partial charge in [-0.15, -0.1) is 0 Å². The Kier molecular flexibility index (Phi) is 7.86. The summed E-state index contributed by atoms with van der Waals surface area (Å²) in [6.07, 6.45) is 0. The van der Waals surface area contributed by atoms with E-state index in [0.717, 1.165) is 4.31 Å². The van der Waals surface area contributed by atoms with E-state index in [1.165, 1.54) is 26.2 Å². The largest absolute Gasteiger partial charge is 0.490 e. The molecule has 2 rings (SSSR count). The van der Waals surface area contributed by atoms with E-state index in [0.29, 0.717) is 36.1 Å². The van der Waals surface area contributed by atoms with Gasteiger partial charge in [0.1, 0.15) is 0 Å². The van der Waals surface area contributed by atoms with Gasteiger partial charge in [0.15, 0.2) is 11.5 Å². The van der Waals surface area contributed by atoms with Crippen LogP contribution in [0.5, 0.6) is 11.5 Å². The van der Waals surface area contributed by atoms with Crippen LogP contribution >= 0.6 is 0 Å². The summed E-state index contributed by atoms with van der Waals surface area (Å²) in [5.41, 5.74) is 1.23. The molecule has 2 aromatic carbocycles. The number of amides is 1. The van der Waals surface area contributed by atoms with Crippen LogP contribution in [0.3, 0.4) is 0 Å². The number of nitrogens with one attached hydrogen (secondary N) is 2. The molecule has 0 heterocycles. The molecule has 0 aliphatic carbocycles. The Morgan fingerprint density at radius 2 is 1.52 bits per heavy atom. The second kappa shape index (κ2) is 10.1. The molecule has 0 radical (unpaired) electrons. The fraction of sp³-hybridized carbons (Fsp3) is 0.350. The number of anilines is 2. The highest BCUT2D eigenvalue weighted by molar-refractivity contribution is 7.89. The lowest BCUT2D eigenvalue weighted by atomic mass is 10.2. The molecule has 0 aliphatic rings. The topological polar surface area (TPSA) is 97.0 Å². The van der Waals surface area contributed by atoms with Gasteiger partial charge in [-0.3, -0.25) is 4.79 Å². The summed E-state index contributed by atoms with van der Waals surface area (Å²) in [5, 5.41) is 5.76. The van der Waals surface area contributed by atoms with Crippen LogP contribution in [0.15, 0.2) is 47.4 Å². The molecule has 158 valence electrons. The summed E-state index contributed by atoms with van der Waals surface area (Å²) in [4.78, 5) is 12.4. The van der Waals surface area contributed by atoms with Gasteiger partial charge in [-0.05, 0) is 50.2 Å². The summed E-state index contributed by atoms with van der Waals surface area (Å²) in [7, 11) is -0.526. The van der Waals surface area contributed by atoms with Crippen LogP contribution in [0.4, 0.5) is 11.4 Å². The lowest BCUT2D eigenvalue weighted by Crippen LogP contribution is -2.23. The van der Waals surface area contributed by atoms with E-state index in [9.17, 15) is 13.2 Å². The van der Waals surface area contributed by atoms with Crippen molar-refractivity contribution in [3.05, 3.63) is 42.5 Å². The Morgan fingerprint density at radius 1 is 0.931 bits per heavy atom. The second-order valence-corrected chi connectivity index (χ2v) is 8.39. The monoisotopic (exact) mass is 421 g/mol. The zero-order valence-electron chi connectivity index (χ0n) is 17.1. The van der Waals surface area contributed by atoms with Crippen molar-refractivity contribution in [2.45, 2.75) is 18.7 Å². The third-order valence-electron chi connectivity index (χ3n) is 3.91. The van der Waals surface area contributed by atoms with Gasteiger partial charge in [0.2, 0.25) is 15.9 Å². The molecular weight excluding hydrogens is 394 g/mol. The Morgan fingerprint density at radius 3 is 2.10 bits per heavy atom. The number of benzene rings is 2. The van der Waals surface area contributed by atoms with Gasteiger partial charge in [0.25, 0.3) is 0 Å². The van der Waals surface area contributed by atoms with Crippen molar-refractivity contribution in [2.75, 3.05) is 44.5 Å². The van der Waals surface area contributed by atoms with Gasteiger partial charge in [0, 0.05) is 31.5 Å². The molecule has 8 nitrogen and oxygen atoms in total. The van der Waals surface area contributed by atoms with Crippen LogP contribution < -0.4 is 20.1 Å². The first-order valence-electron chi connectivity index (χ1n) is 9.23. The van der Waals surface area contributed by atoms with Crippen molar-refractivity contribution in [2.24, 2.45) is 0 Å². The Hall–Kier alpha value is -2.78. The van der Waals surface area contributed by atoms with Gasteiger partial charge in [0.05, 0.1) is 24.7 Å². The van der Waals surface area contributed by atoms with Crippen molar-refractivity contribution < 1.29 is 22.7 Å². The lowest BCUT2D eigenvalue weighted by molar-refractivity contribution is -0.114. The lowest BCUT2D eigenvalue weighted by Gasteiger charge is -2.14. The van der Waals surface area contributed by atoms with Gasteiger partial charge < -0.3 is 20.1 Å². The van der Waals surface area contributed by atoms with E-state index in [4.69, 9.17) is 9.47 Å². The van der Waals surface area contributed by atoms with E-state index in [1.54, 1.807) is 30.3 Å². The van der Waals surface area contributed by atoms with E-state index in [2.05, 4.69) is 10.6 Å². The molecule has 0 fully saturated rings. The molecule has 2 N–H and O–H groups in total. The van der Waals surface area contributed by atoms with Crippen LogP contribution in [0.2, 0.25) is 0 Å². The van der Waals surface area contributed by atoms with E-state index >= 15 is 0 Å². The predicted molar refractivity (Wildman–Crippen MR) is 113 cm³/mol. The summed E-state index contributed by atoms with van der Waals surface area (Å²) >= 11 is 0. The maximum atomic E-state index is 12.2. The van der Waals surface area contributed by atoms with Gasteiger partial charge in [-0.2, -0.15) is 0 Å². The minimum absolute atomic E-state index is 0.0248. The average Bonchev–Trinajstić information content (AvgIpc) is 2.69. The fourth-order valence-corrected chi connectivity index (χ4v) is 3.37. The molecule has 0 aliphatic heterocycles. The third-order valence-corrected chi connectivity index (χ3v) is 5.74. The fourth-order valence-electron chi connectivity index (χ4n) is 2.47. The van der Waals surface area contributed by atoms with E-state index in [-0.39, 0.29) is 17.3 Å². The highest BCUT2D eigenvalue weighted by Gasteiger charge is 2.16. The van der Waals surface area contributed by atoms with Crippen molar-refractivity contribution in [3.8, 4) is 11.5 Å². The minimum atomic E-state index is -3.48. The van der Waals surface area contributed by atoms with E-state index in [1.807, 2.05) is 13.8 Å². The number of rotatable bonds is 10. The van der Waals surface area contributed by atoms with Crippen molar-refractivity contribution in [3.63, 3.8) is 0 Å². The molecule has 0 aromatic heterocycles. The number of ether oxygens (including phenoxy) is 2. The summed E-state index contributed by atoms with van der Waals surface area (Å²) in [6.45, 7) is 4.79. The molecule has 0 bridgehead atoms. The first-order valence-corrected chi connectivity index (χ1v) is 10.7. The van der Waals surface area contributed by atoms with E-state index < -0.39 is 10.0 Å². The van der Waals surface area contributed by atoms with Crippen LogP contribution in [-0.2, 0) is 14.8 Å². The summed E-state index contributed by atoms with van der Waals surface area (Å²) in [6, 6.07) is 11.4. The SMILES string of the molecule is CCOc1ccc(NC(=O)CNc2ccc(S(=O)(=O)N(C)C)cc2)cc1OCC. The molecule has 9 heteroatoms. The number of hydrogen-bond acceptors (Lipinski definition) is 6. The molecule has 1 amide bonds. The molecule has 0 saturated heterocycles. The molecule has 2 aromatic rings. The van der Waals surface area contributed by atoms with Crippen LogP contribution in [0, 0.1) is 0 Å². The number of carbonyl (C=O) groups excluding carboxylic acids is 1. The number of hydrogen-bond donors (Lipinski definition) is 2.